The first-order valence-corrected chi connectivity index (χ1v) is 7.85. The van der Waals surface area contributed by atoms with Gasteiger partial charge in [-0.25, -0.2) is 9.89 Å². The minimum atomic E-state index is -0.160. The average molecular weight is 300 g/mol. The molecule has 0 aliphatic heterocycles. The molecule has 0 saturated heterocycles. The van der Waals surface area contributed by atoms with E-state index in [1.54, 1.807) is 4.57 Å². The Morgan fingerprint density at radius 2 is 2.32 bits per heavy atom. The number of hydrogen-bond acceptors (Lipinski definition) is 7. The van der Waals surface area contributed by atoms with E-state index in [9.17, 15) is 4.79 Å². The third-order valence-electron chi connectivity index (χ3n) is 2.40. The normalized spacial score (nSPS) is 10.8. The largest absolute Gasteiger partial charge is 0.374 e. The predicted octanol–water partition coefficient (Wildman–Crippen LogP) is 1.56. The van der Waals surface area contributed by atoms with E-state index in [0.717, 1.165) is 23.7 Å². The highest BCUT2D eigenvalue weighted by Gasteiger charge is 2.12. The van der Waals surface area contributed by atoms with E-state index < -0.39 is 0 Å². The third-order valence-corrected chi connectivity index (χ3v) is 4.12. The zero-order valence-corrected chi connectivity index (χ0v) is 12.5. The van der Waals surface area contributed by atoms with Crippen LogP contribution in [-0.4, -0.2) is 30.9 Å². The molecule has 7 nitrogen and oxygen atoms in total. The van der Waals surface area contributed by atoms with Crippen LogP contribution < -0.4 is 11.0 Å². The van der Waals surface area contributed by atoms with Gasteiger partial charge in [0.2, 0.25) is 0 Å². The van der Waals surface area contributed by atoms with Crippen molar-refractivity contribution in [1.29, 1.82) is 0 Å². The van der Waals surface area contributed by atoms with Crippen LogP contribution in [0.3, 0.4) is 0 Å². The molecule has 2 aromatic rings. The topological polar surface area (TPSA) is 88.5 Å². The number of thioether (sulfide) groups is 1. The van der Waals surface area contributed by atoms with E-state index >= 15 is 0 Å². The number of H-pyrrole nitrogens is 1. The van der Waals surface area contributed by atoms with Crippen LogP contribution in [-0.2, 0) is 12.3 Å². The second kappa shape index (κ2) is 6.71. The van der Waals surface area contributed by atoms with Gasteiger partial charge in [0.15, 0.2) is 5.16 Å². The maximum atomic E-state index is 11.6. The Morgan fingerprint density at radius 3 is 3.05 bits per heavy atom. The fourth-order valence-electron chi connectivity index (χ4n) is 1.57. The molecule has 0 unspecified atom stereocenters. The quantitative estimate of drug-likeness (QED) is 0.754. The minimum Gasteiger partial charge on any atom is -0.374 e. The molecule has 2 heterocycles. The molecule has 0 saturated carbocycles. The highest BCUT2D eigenvalue weighted by Crippen LogP contribution is 2.25. The Bertz CT molecular complexity index is 575. The zero-order chi connectivity index (χ0) is 13.7. The molecular formula is C10H16N6OS2. The zero-order valence-electron chi connectivity index (χ0n) is 10.8. The number of nitrogens with zero attached hydrogens (tertiary/aromatic N) is 4. The van der Waals surface area contributed by atoms with Gasteiger partial charge in [-0.1, -0.05) is 23.2 Å². The smallest absolute Gasteiger partial charge is 0.343 e. The van der Waals surface area contributed by atoms with E-state index in [2.05, 4.69) is 25.1 Å². The van der Waals surface area contributed by atoms with Gasteiger partial charge in [0, 0.05) is 30.4 Å². The van der Waals surface area contributed by atoms with E-state index in [-0.39, 0.29) is 5.69 Å². The Hall–Kier alpha value is -1.35. The Kier molecular flexibility index (Phi) is 4.97. The average Bonchev–Trinajstić information content (AvgIpc) is 2.97. The summed E-state index contributed by atoms with van der Waals surface area (Å²) in [7, 11) is 0. The van der Waals surface area contributed by atoms with Crippen molar-refractivity contribution in [3.63, 3.8) is 0 Å². The molecule has 0 radical (unpaired) electrons. The van der Waals surface area contributed by atoms with Gasteiger partial charge in [0.25, 0.3) is 0 Å². The molecule has 0 fully saturated rings. The SMILES string of the molecule is CCCn1c(SCc2nnsc2NCC)n[nH]c1=O. The van der Waals surface area contributed by atoms with Crippen LogP contribution in [0.25, 0.3) is 0 Å². The van der Waals surface area contributed by atoms with Crippen LogP contribution in [0, 0.1) is 0 Å². The van der Waals surface area contributed by atoms with Crippen molar-refractivity contribution < 1.29 is 0 Å². The summed E-state index contributed by atoms with van der Waals surface area (Å²) in [6, 6.07) is 0. The predicted molar refractivity (Wildman–Crippen MR) is 76.8 cm³/mol. The van der Waals surface area contributed by atoms with Gasteiger partial charge in [0.05, 0.1) is 0 Å². The van der Waals surface area contributed by atoms with Gasteiger partial charge in [-0.05, 0) is 13.3 Å². The lowest BCUT2D eigenvalue weighted by Crippen LogP contribution is -2.17. The second-order valence-electron chi connectivity index (χ2n) is 3.83. The molecular weight excluding hydrogens is 284 g/mol. The lowest BCUT2D eigenvalue weighted by Gasteiger charge is -2.03. The number of aromatic nitrogens is 5. The van der Waals surface area contributed by atoms with Gasteiger partial charge >= 0.3 is 5.69 Å². The van der Waals surface area contributed by atoms with Crippen molar-refractivity contribution in [3.05, 3.63) is 16.2 Å². The fourth-order valence-corrected chi connectivity index (χ4v) is 3.21. The molecule has 0 bridgehead atoms. The molecule has 104 valence electrons. The summed E-state index contributed by atoms with van der Waals surface area (Å²) in [5, 5.41) is 15.5. The molecule has 0 aromatic carbocycles. The van der Waals surface area contributed by atoms with Crippen molar-refractivity contribution in [3.8, 4) is 0 Å². The standard InChI is InChI=1S/C10H16N6OS2/c1-3-5-16-9(17)13-14-10(16)18-6-7-8(11-4-2)19-15-12-7/h11H,3-6H2,1-2H3,(H,13,17). The molecule has 0 atom stereocenters. The van der Waals surface area contributed by atoms with E-state index in [4.69, 9.17) is 0 Å². The monoisotopic (exact) mass is 300 g/mol. The number of nitrogens with one attached hydrogen (secondary N) is 2. The molecule has 0 aliphatic rings. The van der Waals surface area contributed by atoms with Crippen LogP contribution in [0.5, 0.6) is 0 Å². The molecule has 2 rings (SSSR count). The number of rotatable bonds is 7. The number of anilines is 1. The summed E-state index contributed by atoms with van der Waals surface area (Å²) < 4.78 is 5.59. The van der Waals surface area contributed by atoms with Gasteiger partial charge in [-0.2, -0.15) is 0 Å². The summed E-state index contributed by atoms with van der Waals surface area (Å²) in [5.74, 6) is 0.646. The Balaban J connectivity index is 2.06. The summed E-state index contributed by atoms with van der Waals surface area (Å²) in [6.45, 7) is 5.57. The van der Waals surface area contributed by atoms with E-state index in [1.807, 2.05) is 13.8 Å². The molecule has 0 amide bonds. The Morgan fingerprint density at radius 1 is 1.47 bits per heavy atom. The lowest BCUT2D eigenvalue weighted by molar-refractivity contribution is 0.603. The first kappa shape index (κ1) is 14.1. The van der Waals surface area contributed by atoms with Gasteiger partial charge in [-0.15, -0.1) is 10.2 Å². The summed E-state index contributed by atoms with van der Waals surface area (Å²) >= 11 is 2.84. The fraction of sp³-hybridized carbons (Fsp3) is 0.600. The van der Waals surface area contributed by atoms with Crippen LogP contribution in [0.1, 0.15) is 26.0 Å². The number of hydrogen-bond donors (Lipinski definition) is 2. The van der Waals surface area contributed by atoms with Crippen LogP contribution in [0.4, 0.5) is 5.00 Å². The van der Waals surface area contributed by atoms with E-state index in [0.29, 0.717) is 17.5 Å². The van der Waals surface area contributed by atoms with E-state index in [1.165, 1.54) is 23.3 Å². The Labute approximate surface area is 119 Å². The maximum Gasteiger partial charge on any atom is 0.343 e. The lowest BCUT2D eigenvalue weighted by atomic mass is 10.5. The van der Waals surface area contributed by atoms with Crippen molar-refractivity contribution in [1.82, 2.24) is 24.4 Å². The highest BCUT2D eigenvalue weighted by atomic mass is 32.2. The molecule has 0 spiro atoms. The maximum absolute atomic E-state index is 11.6. The first-order valence-electron chi connectivity index (χ1n) is 6.09. The molecule has 0 aliphatic carbocycles. The van der Waals surface area contributed by atoms with Crippen molar-refractivity contribution >= 4 is 28.3 Å². The van der Waals surface area contributed by atoms with Gasteiger partial charge in [0.1, 0.15) is 10.7 Å². The number of aromatic amines is 1. The highest BCUT2D eigenvalue weighted by molar-refractivity contribution is 7.98. The van der Waals surface area contributed by atoms with Crippen molar-refractivity contribution in [2.75, 3.05) is 11.9 Å². The van der Waals surface area contributed by atoms with Crippen LogP contribution in [0.15, 0.2) is 9.95 Å². The van der Waals surface area contributed by atoms with Gasteiger partial charge < -0.3 is 5.32 Å². The summed E-state index contributed by atoms with van der Waals surface area (Å²) in [6.07, 6.45) is 0.897. The molecule has 19 heavy (non-hydrogen) atoms. The molecule has 2 aromatic heterocycles. The molecule has 2 N–H and O–H groups in total. The van der Waals surface area contributed by atoms with Crippen molar-refractivity contribution in [2.24, 2.45) is 0 Å². The summed E-state index contributed by atoms with van der Waals surface area (Å²) in [4.78, 5) is 11.6. The summed E-state index contributed by atoms with van der Waals surface area (Å²) in [5.41, 5.74) is 0.739. The van der Waals surface area contributed by atoms with Gasteiger partial charge in [-0.3, -0.25) is 4.57 Å². The second-order valence-corrected chi connectivity index (χ2v) is 5.53. The molecule has 9 heteroatoms. The first-order chi connectivity index (χ1) is 9.26. The third kappa shape index (κ3) is 3.35. The van der Waals surface area contributed by atoms with Crippen LogP contribution >= 0.6 is 23.3 Å². The van der Waals surface area contributed by atoms with Crippen molar-refractivity contribution in [2.45, 2.75) is 37.7 Å². The minimum absolute atomic E-state index is 0.160. The van der Waals surface area contributed by atoms with Crippen LogP contribution in [0.2, 0.25) is 0 Å².